The zero-order valence-corrected chi connectivity index (χ0v) is 17.2. The van der Waals surface area contributed by atoms with Gasteiger partial charge < -0.3 is 15.4 Å². The van der Waals surface area contributed by atoms with Crippen LogP contribution in [0.15, 0.2) is 24.5 Å². The second kappa shape index (κ2) is 10.0. The fourth-order valence-electron chi connectivity index (χ4n) is 3.38. The summed E-state index contributed by atoms with van der Waals surface area (Å²) in [5, 5.41) is 15.8. The molecule has 1 unspecified atom stereocenters. The van der Waals surface area contributed by atoms with Gasteiger partial charge in [0.25, 0.3) is 0 Å². The summed E-state index contributed by atoms with van der Waals surface area (Å²) in [7, 11) is 0. The zero-order valence-electron chi connectivity index (χ0n) is 16.4. The number of ether oxygens (including phenoxy) is 1. The summed E-state index contributed by atoms with van der Waals surface area (Å²) in [6.45, 7) is 2.74. The molecule has 0 aliphatic heterocycles. The van der Waals surface area contributed by atoms with E-state index in [4.69, 9.17) is 4.74 Å². The van der Waals surface area contributed by atoms with Crippen LogP contribution in [0, 0.1) is 17.2 Å². The maximum absolute atomic E-state index is 12.4. The SMILES string of the molecule is CCNC(=O)OCC1CCc2c(sc(NC(=O)CCc3cccnc3)c2C#N)C1. The number of alkyl carbamates (subject to hydrolysis) is 1. The first-order chi connectivity index (χ1) is 14.1. The Hall–Kier alpha value is -2.92. The lowest BCUT2D eigenvalue weighted by atomic mass is 9.88. The number of fused-ring (bicyclic) bond motifs is 1. The maximum Gasteiger partial charge on any atom is 0.407 e. The van der Waals surface area contributed by atoms with E-state index in [1.165, 1.54) is 11.3 Å². The second-order valence-electron chi connectivity index (χ2n) is 6.97. The smallest absolute Gasteiger partial charge is 0.407 e. The first-order valence-electron chi connectivity index (χ1n) is 9.74. The molecule has 7 nitrogen and oxygen atoms in total. The third-order valence-electron chi connectivity index (χ3n) is 4.87. The summed E-state index contributed by atoms with van der Waals surface area (Å²) in [6.07, 6.45) is 6.35. The quantitative estimate of drug-likeness (QED) is 0.725. The average Bonchev–Trinajstić information content (AvgIpc) is 3.07. The molecule has 3 rings (SSSR count). The Morgan fingerprint density at radius 1 is 1.45 bits per heavy atom. The van der Waals surface area contributed by atoms with Crippen molar-refractivity contribution in [1.82, 2.24) is 10.3 Å². The number of aromatic nitrogens is 1. The molecule has 0 saturated carbocycles. The summed E-state index contributed by atoms with van der Waals surface area (Å²) in [4.78, 5) is 29.0. The van der Waals surface area contributed by atoms with Gasteiger partial charge in [-0.15, -0.1) is 11.3 Å². The fourth-order valence-corrected chi connectivity index (χ4v) is 4.71. The van der Waals surface area contributed by atoms with E-state index in [9.17, 15) is 14.9 Å². The molecule has 0 aromatic carbocycles. The van der Waals surface area contributed by atoms with Gasteiger partial charge in [-0.1, -0.05) is 6.07 Å². The standard InChI is InChI=1S/C21H24N4O3S/c1-2-24-21(27)28-13-15-5-7-16-17(11-22)20(29-18(16)10-15)25-19(26)8-6-14-4-3-9-23-12-14/h3-4,9,12,15H,2,5-8,10,13H2,1H3,(H,24,27)(H,25,26). The number of aryl methyl sites for hydroxylation is 1. The Morgan fingerprint density at radius 2 is 2.31 bits per heavy atom. The summed E-state index contributed by atoms with van der Waals surface area (Å²) in [5.74, 6) is 0.115. The summed E-state index contributed by atoms with van der Waals surface area (Å²) in [5.41, 5.74) is 2.60. The number of carbonyl (C=O) groups is 2. The Morgan fingerprint density at radius 3 is 3.03 bits per heavy atom. The number of nitrogens with zero attached hydrogens (tertiary/aromatic N) is 2. The van der Waals surface area contributed by atoms with Gasteiger partial charge >= 0.3 is 6.09 Å². The molecular formula is C21H24N4O3S. The van der Waals surface area contributed by atoms with Crippen LogP contribution in [-0.2, 0) is 28.8 Å². The molecule has 0 spiro atoms. The Kier molecular flexibility index (Phi) is 7.19. The van der Waals surface area contributed by atoms with Crippen molar-refractivity contribution in [3.05, 3.63) is 46.1 Å². The minimum absolute atomic E-state index is 0.111. The molecule has 29 heavy (non-hydrogen) atoms. The van der Waals surface area contributed by atoms with E-state index >= 15 is 0 Å². The molecule has 0 fully saturated rings. The summed E-state index contributed by atoms with van der Waals surface area (Å²) in [6, 6.07) is 6.04. The molecule has 2 amide bonds. The highest BCUT2D eigenvalue weighted by molar-refractivity contribution is 7.16. The van der Waals surface area contributed by atoms with Gasteiger partial charge in [-0.2, -0.15) is 5.26 Å². The molecule has 1 atom stereocenters. The minimum Gasteiger partial charge on any atom is -0.449 e. The largest absolute Gasteiger partial charge is 0.449 e. The number of nitrogens with one attached hydrogen (secondary N) is 2. The highest BCUT2D eigenvalue weighted by Gasteiger charge is 2.27. The molecular weight excluding hydrogens is 388 g/mol. The number of hydrogen-bond donors (Lipinski definition) is 2. The van der Waals surface area contributed by atoms with Crippen LogP contribution >= 0.6 is 11.3 Å². The third kappa shape index (κ3) is 5.55. The molecule has 2 N–H and O–H groups in total. The molecule has 1 aliphatic rings. The lowest BCUT2D eigenvalue weighted by molar-refractivity contribution is -0.116. The molecule has 0 saturated heterocycles. The lowest BCUT2D eigenvalue weighted by Crippen LogP contribution is -2.27. The van der Waals surface area contributed by atoms with Crippen LogP contribution in [0.5, 0.6) is 0 Å². The number of pyridine rings is 1. The molecule has 0 radical (unpaired) electrons. The number of amides is 2. The highest BCUT2D eigenvalue weighted by atomic mass is 32.1. The van der Waals surface area contributed by atoms with E-state index in [2.05, 4.69) is 21.7 Å². The number of anilines is 1. The van der Waals surface area contributed by atoms with Gasteiger partial charge in [0.05, 0.1) is 12.2 Å². The Bertz CT molecular complexity index is 905. The van der Waals surface area contributed by atoms with Crippen molar-refractivity contribution in [2.45, 2.75) is 39.0 Å². The summed E-state index contributed by atoms with van der Waals surface area (Å²) >= 11 is 1.46. The Balaban J connectivity index is 1.59. The van der Waals surface area contributed by atoms with Crippen LogP contribution in [0.3, 0.4) is 0 Å². The maximum atomic E-state index is 12.4. The van der Waals surface area contributed by atoms with Gasteiger partial charge in [-0.3, -0.25) is 9.78 Å². The number of rotatable bonds is 7. The molecule has 2 aromatic rings. The highest BCUT2D eigenvalue weighted by Crippen LogP contribution is 2.39. The number of hydrogen-bond acceptors (Lipinski definition) is 6. The lowest BCUT2D eigenvalue weighted by Gasteiger charge is -2.21. The van der Waals surface area contributed by atoms with E-state index in [1.54, 1.807) is 12.4 Å². The first-order valence-corrected chi connectivity index (χ1v) is 10.6. The van der Waals surface area contributed by atoms with E-state index in [1.807, 2.05) is 19.1 Å². The normalized spacial score (nSPS) is 15.1. The molecule has 0 bridgehead atoms. The van der Waals surface area contributed by atoms with Crippen molar-refractivity contribution in [2.24, 2.45) is 5.92 Å². The monoisotopic (exact) mass is 412 g/mol. The number of thiophene rings is 1. The van der Waals surface area contributed by atoms with Crippen LogP contribution in [0.25, 0.3) is 0 Å². The molecule has 2 heterocycles. The first kappa shape index (κ1) is 20.8. The predicted octanol–water partition coefficient (Wildman–Crippen LogP) is 3.44. The van der Waals surface area contributed by atoms with Gasteiger partial charge in [-0.25, -0.2) is 4.79 Å². The van der Waals surface area contributed by atoms with Crippen molar-refractivity contribution in [1.29, 1.82) is 5.26 Å². The Labute approximate surface area is 174 Å². The van der Waals surface area contributed by atoms with E-state index < -0.39 is 6.09 Å². The van der Waals surface area contributed by atoms with Crippen molar-refractivity contribution >= 4 is 28.3 Å². The van der Waals surface area contributed by atoms with Crippen molar-refractivity contribution < 1.29 is 14.3 Å². The topological polar surface area (TPSA) is 104 Å². The van der Waals surface area contributed by atoms with Gasteiger partial charge in [0.2, 0.25) is 5.91 Å². The predicted molar refractivity (Wildman–Crippen MR) is 111 cm³/mol. The van der Waals surface area contributed by atoms with Crippen LogP contribution in [0.2, 0.25) is 0 Å². The van der Waals surface area contributed by atoms with Crippen LogP contribution in [0.4, 0.5) is 9.80 Å². The van der Waals surface area contributed by atoms with Crippen LogP contribution in [-0.4, -0.2) is 30.1 Å². The fraction of sp³-hybridized carbons (Fsp3) is 0.429. The molecule has 2 aromatic heterocycles. The zero-order chi connectivity index (χ0) is 20.6. The second-order valence-corrected chi connectivity index (χ2v) is 8.07. The van der Waals surface area contributed by atoms with Gasteiger partial charge in [0.1, 0.15) is 11.1 Å². The number of carbonyl (C=O) groups excluding carboxylic acids is 2. The average molecular weight is 413 g/mol. The van der Waals surface area contributed by atoms with Gasteiger partial charge in [-0.05, 0) is 55.7 Å². The molecule has 1 aliphatic carbocycles. The van der Waals surface area contributed by atoms with E-state index in [0.29, 0.717) is 36.6 Å². The number of nitriles is 1. The van der Waals surface area contributed by atoms with Crippen LogP contribution in [0.1, 0.15) is 41.3 Å². The van der Waals surface area contributed by atoms with Crippen LogP contribution < -0.4 is 10.6 Å². The van der Waals surface area contributed by atoms with Crippen molar-refractivity contribution in [2.75, 3.05) is 18.5 Å². The molecule has 152 valence electrons. The van der Waals surface area contributed by atoms with Crippen molar-refractivity contribution in [3.63, 3.8) is 0 Å². The van der Waals surface area contributed by atoms with Gasteiger partial charge in [0, 0.05) is 30.2 Å². The van der Waals surface area contributed by atoms with E-state index in [0.717, 1.165) is 35.3 Å². The van der Waals surface area contributed by atoms with Crippen molar-refractivity contribution in [3.8, 4) is 6.07 Å². The van der Waals surface area contributed by atoms with E-state index in [-0.39, 0.29) is 11.8 Å². The minimum atomic E-state index is -0.399. The summed E-state index contributed by atoms with van der Waals surface area (Å²) < 4.78 is 5.25. The van der Waals surface area contributed by atoms with Gasteiger partial charge in [0.15, 0.2) is 0 Å². The third-order valence-corrected chi connectivity index (χ3v) is 6.04. The molecule has 8 heteroatoms.